The standard InChI is InChI=1S/C14H11NO4/c1-9-5-12(14(17)13(6-9)15(18)19)11-4-2-3-10(7-11)8-16/h2-8,17H,1H3. The van der Waals surface area contributed by atoms with Crippen molar-refractivity contribution in [1.29, 1.82) is 0 Å². The predicted molar refractivity (Wildman–Crippen MR) is 70.3 cm³/mol. The van der Waals surface area contributed by atoms with Crippen LogP contribution in [0.2, 0.25) is 0 Å². The van der Waals surface area contributed by atoms with Crippen LogP contribution < -0.4 is 0 Å². The molecule has 0 fully saturated rings. The lowest BCUT2D eigenvalue weighted by molar-refractivity contribution is -0.385. The van der Waals surface area contributed by atoms with Gasteiger partial charge in [0.2, 0.25) is 5.75 Å². The quantitative estimate of drug-likeness (QED) is 0.520. The number of aromatic hydroxyl groups is 1. The van der Waals surface area contributed by atoms with E-state index in [4.69, 9.17) is 0 Å². The molecule has 0 saturated heterocycles. The molecule has 96 valence electrons. The van der Waals surface area contributed by atoms with Crippen LogP contribution in [-0.4, -0.2) is 16.3 Å². The van der Waals surface area contributed by atoms with E-state index in [2.05, 4.69) is 0 Å². The van der Waals surface area contributed by atoms with Gasteiger partial charge in [-0.15, -0.1) is 0 Å². The third-order valence-corrected chi connectivity index (χ3v) is 2.76. The minimum Gasteiger partial charge on any atom is -0.502 e. The van der Waals surface area contributed by atoms with Crippen LogP contribution in [0.4, 0.5) is 5.69 Å². The summed E-state index contributed by atoms with van der Waals surface area (Å²) >= 11 is 0. The molecule has 2 rings (SSSR count). The number of carbonyl (C=O) groups excluding carboxylic acids is 1. The summed E-state index contributed by atoms with van der Waals surface area (Å²) in [5.74, 6) is -0.390. The van der Waals surface area contributed by atoms with Crippen molar-refractivity contribution in [2.75, 3.05) is 0 Å². The summed E-state index contributed by atoms with van der Waals surface area (Å²) in [6.07, 6.45) is 0.685. The van der Waals surface area contributed by atoms with Crippen molar-refractivity contribution >= 4 is 12.0 Å². The second kappa shape index (κ2) is 4.89. The fourth-order valence-corrected chi connectivity index (χ4v) is 1.90. The summed E-state index contributed by atoms with van der Waals surface area (Å²) < 4.78 is 0. The lowest BCUT2D eigenvalue weighted by Crippen LogP contribution is -1.92. The van der Waals surface area contributed by atoms with Crippen molar-refractivity contribution in [1.82, 2.24) is 0 Å². The van der Waals surface area contributed by atoms with Crippen LogP contribution in [0.15, 0.2) is 36.4 Å². The van der Waals surface area contributed by atoms with Crippen LogP contribution in [0, 0.1) is 17.0 Å². The van der Waals surface area contributed by atoms with E-state index >= 15 is 0 Å². The lowest BCUT2D eigenvalue weighted by atomic mass is 9.99. The predicted octanol–water partition coefficient (Wildman–Crippen LogP) is 3.09. The fraction of sp³-hybridized carbons (Fsp3) is 0.0714. The van der Waals surface area contributed by atoms with Gasteiger partial charge in [-0.05, 0) is 30.2 Å². The van der Waals surface area contributed by atoms with Crippen LogP contribution in [-0.2, 0) is 0 Å². The Morgan fingerprint density at radius 2 is 2.00 bits per heavy atom. The zero-order valence-corrected chi connectivity index (χ0v) is 10.2. The third-order valence-electron chi connectivity index (χ3n) is 2.76. The molecule has 0 amide bonds. The van der Waals surface area contributed by atoms with Crippen molar-refractivity contribution in [3.8, 4) is 16.9 Å². The van der Waals surface area contributed by atoms with Crippen molar-refractivity contribution in [2.24, 2.45) is 0 Å². The summed E-state index contributed by atoms with van der Waals surface area (Å²) in [6, 6.07) is 9.50. The normalized spacial score (nSPS) is 10.2. The Morgan fingerprint density at radius 3 is 2.63 bits per heavy atom. The molecule has 0 heterocycles. The summed E-state index contributed by atoms with van der Waals surface area (Å²) in [4.78, 5) is 21.0. The van der Waals surface area contributed by atoms with Gasteiger partial charge in [0.15, 0.2) is 0 Å². The molecule has 0 aliphatic rings. The Hall–Kier alpha value is -2.69. The van der Waals surface area contributed by atoms with Crippen molar-refractivity contribution in [2.45, 2.75) is 6.92 Å². The number of benzene rings is 2. The van der Waals surface area contributed by atoms with Gasteiger partial charge >= 0.3 is 5.69 Å². The van der Waals surface area contributed by atoms with Crippen molar-refractivity contribution in [3.05, 3.63) is 57.6 Å². The Labute approximate surface area is 109 Å². The first kappa shape index (κ1) is 12.8. The number of phenols is 1. The Morgan fingerprint density at radius 1 is 1.26 bits per heavy atom. The van der Waals surface area contributed by atoms with Gasteiger partial charge in [0.25, 0.3) is 0 Å². The maximum atomic E-state index is 10.9. The highest BCUT2D eigenvalue weighted by Crippen LogP contribution is 2.38. The lowest BCUT2D eigenvalue weighted by Gasteiger charge is -2.07. The number of phenolic OH excluding ortho intramolecular Hbond substituents is 1. The van der Waals surface area contributed by atoms with E-state index in [1.165, 1.54) is 6.07 Å². The monoisotopic (exact) mass is 257 g/mol. The van der Waals surface area contributed by atoms with E-state index in [1.54, 1.807) is 37.3 Å². The van der Waals surface area contributed by atoms with E-state index in [0.717, 1.165) is 0 Å². The topological polar surface area (TPSA) is 80.4 Å². The molecular weight excluding hydrogens is 246 g/mol. The number of nitro groups is 1. The number of nitrogens with zero attached hydrogens (tertiary/aromatic N) is 1. The van der Waals surface area contributed by atoms with Crippen LogP contribution in [0.5, 0.6) is 5.75 Å². The molecule has 0 aromatic heterocycles. The minimum absolute atomic E-state index is 0.341. The van der Waals surface area contributed by atoms with Crippen molar-refractivity contribution in [3.63, 3.8) is 0 Å². The van der Waals surface area contributed by atoms with Gasteiger partial charge in [-0.2, -0.15) is 0 Å². The Kier molecular flexibility index (Phi) is 3.29. The van der Waals surface area contributed by atoms with Gasteiger partial charge in [-0.1, -0.05) is 18.2 Å². The smallest absolute Gasteiger partial charge is 0.311 e. The molecular formula is C14H11NO4. The summed E-state index contributed by atoms with van der Waals surface area (Å²) in [6.45, 7) is 1.71. The molecule has 0 aliphatic carbocycles. The molecule has 19 heavy (non-hydrogen) atoms. The second-order valence-corrected chi connectivity index (χ2v) is 4.18. The molecule has 0 saturated carbocycles. The number of nitro benzene ring substituents is 1. The third kappa shape index (κ3) is 2.44. The van der Waals surface area contributed by atoms with Gasteiger partial charge in [0.1, 0.15) is 6.29 Å². The average Bonchev–Trinajstić information content (AvgIpc) is 2.40. The Bertz CT molecular complexity index is 664. The van der Waals surface area contributed by atoms with E-state index in [9.17, 15) is 20.0 Å². The van der Waals surface area contributed by atoms with Crippen LogP contribution in [0.25, 0.3) is 11.1 Å². The molecule has 0 spiro atoms. The Balaban J connectivity index is 2.67. The van der Waals surface area contributed by atoms with Gasteiger partial charge < -0.3 is 5.11 Å². The molecule has 0 atom stereocenters. The molecule has 5 heteroatoms. The molecule has 0 unspecified atom stereocenters. The minimum atomic E-state index is -0.630. The highest BCUT2D eigenvalue weighted by Gasteiger charge is 2.19. The van der Waals surface area contributed by atoms with Crippen LogP contribution in [0.1, 0.15) is 15.9 Å². The largest absolute Gasteiger partial charge is 0.502 e. The number of hydrogen-bond acceptors (Lipinski definition) is 4. The van der Waals surface area contributed by atoms with Crippen LogP contribution >= 0.6 is 0 Å². The first-order chi connectivity index (χ1) is 9.02. The number of carbonyl (C=O) groups is 1. The fourth-order valence-electron chi connectivity index (χ4n) is 1.90. The highest BCUT2D eigenvalue weighted by atomic mass is 16.6. The van der Waals surface area contributed by atoms with Crippen molar-refractivity contribution < 1.29 is 14.8 Å². The first-order valence-electron chi connectivity index (χ1n) is 5.56. The van der Waals surface area contributed by atoms with Gasteiger partial charge in [-0.25, -0.2) is 0 Å². The first-order valence-corrected chi connectivity index (χ1v) is 5.56. The van der Waals surface area contributed by atoms with E-state index < -0.39 is 10.7 Å². The van der Waals surface area contributed by atoms with Crippen LogP contribution in [0.3, 0.4) is 0 Å². The number of hydrogen-bond donors (Lipinski definition) is 1. The molecule has 2 aromatic carbocycles. The molecule has 0 bridgehead atoms. The second-order valence-electron chi connectivity index (χ2n) is 4.18. The summed E-state index contributed by atoms with van der Waals surface area (Å²) in [5.41, 5.74) is 1.67. The van der Waals surface area contributed by atoms with Gasteiger partial charge in [-0.3, -0.25) is 14.9 Å². The van der Waals surface area contributed by atoms with E-state index in [-0.39, 0.29) is 5.69 Å². The average molecular weight is 257 g/mol. The number of aryl methyl sites for hydroxylation is 1. The zero-order valence-electron chi connectivity index (χ0n) is 10.2. The molecule has 0 aliphatic heterocycles. The highest BCUT2D eigenvalue weighted by molar-refractivity contribution is 5.82. The van der Waals surface area contributed by atoms with E-state index in [1.807, 2.05) is 0 Å². The summed E-state index contributed by atoms with van der Waals surface area (Å²) in [5, 5.41) is 20.8. The molecule has 0 radical (unpaired) electrons. The SMILES string of the molecule is Cc1cc(-c2cccc(C=O)c2)c(O)c([N+](=O)[O-])c1. The maximum Gasteiger partial charge on any atom is 0.311 e. The zero-order chi connectivity index (χ0) is 14.0. The number of rotatable bonds is 3. The van der Waals surface area contributed by atoms with Gasteiger partial charge in [0.05, 0.1) is 4.92 Å². The molecule has 5 nitrogen and oxygen atoms in total. The molecule has 1 N–H and O–H groups in total. The molecule has 2 aromatic rings. The number of aldehydes is 1. The van der Waals surface area contributed by atoms with Gasteiger partial charge in [0, 0.05) is 17.2 Å². The van der Waals surface area contributed by atoms with E-state index in [0.29, 0.717) is 28.5 Å². The summed E-state index contributed by atoms with van der Waals surface area (Å²) in [7, 11) is 0. The maximum absolute atomic E-state index is 10.9.